The molecule has 0 aliphatic rings. The molecule has 0 spiro atoms. The van der Waals surface area contributed by atoms with Gasteiger partial charge in [0.15, 0.2) is 5.03 Å². The third-order valence-corrected chi connectivity index (χ3v) is 4.87. The van der Waals surface area contributed by atoms with Crippen LogP contribution in [0.15, 0.2) is 64.7 Å². The zero-order valence-electron chi connectivity index (χ0n) is 13.5. The number of thioether (sulfide) groups is 1. The number of halogens is 1. The number of rotatable bonds is 4. The molecule has 0 atom stereocenters. The van der Waals surface area contributed by atoms with Crippen molar-refractivity contribution in [3.63, 3.8) is 0 Å². The van der Waals surface area contributed by atoms with Crippen molar-refractivity contribution < 1.29 is 4.39 Å². The molecule has 5 heteroatoms. The van der Waals surface area contributed by atoms with Crippen LogP contribution in [0.3, 0.4) is 0 Å². The predicted octanol–water partition coefficient (Wildman–Crippen LogP) is 4.28. The highest BCUT2D eigenvalue weighted by Crippen LogP contribution is 2.19. The molecule has 0 unspecified atom stereocenters. The minimum absolute atomic E-state index is 0.165. The van der Waals surface area contributed by atoms with Crippen molar-refractivity contribution in [2.75, 3.05) is 0 Å². The number of hydrogen-bond donors (Lipinski definition) is 0. The first-order valence-electron chi connectivity index (χ1n) is 7.57. The van der Waals surface area contributed by atoms with E-state index in [4.69, 9.17) is 0 Å². The van der Waals surface area contributed by atoms with Crippen molar-refractivity contribution in [3.8, 4) is 5.69 Å². The molecule has 0 saturated carbocycles. The van der Waals surface area contributed by atoms with Crippen molar-refractivity contribution in [2.45, 2.75) is 24.6 Å². The van der Waals surface area contributed by atoms with Crippen molar-refractivity contribution in [1.29, 1.82) is 0 Å². The molecule has 24 heavy (non-hydrogen) atoms. The van der Waals surface area contributed by atoms with Crippen molar-refractivity contribution in [1.82, 2.24) is 9.55 Å². The van der Waals surface area contributed by atoms with E-state index in [-0.39, 0.29) is 11.4 Å². The Balaban J connectivity index is 1.88. The number of benzene rings is 2. The van der Waals surface area contributed by atoms with Gasteiger partial charge in [-0.25, -0.2) is 9.37 Å². The largest absolute Gasteiger partial charge is 0.287 e. The summed E-state index contributed by atoms with van der Waals surface area (Å²) < 4.78 is 14.8. The summed E-state index contributed by atoms with van der Waals surface area (Å²) in [6.45, 7) is 4.05. The Hall–Kier alpha value is -2.40. The second kappa shape index (κ2) is 7.01. The summed E-state index contributed by atoms with van der Waals surface area (Å²) in [5.74, 6) is 0.221. The third-order valence-electron chi connectivity index (χ3n) is 3.84. The van der Waals surface area contributed by atoms with Gasteiger partial charge in [-0.1, -0.05) is 30.0 Å². The normalized spacial score (nSPS) is 10.8. The molecule has 1 heterocycles. The summed E-state index contributed by atoms with van der Waals surface area (Å²) in [6.07, 6.45) is 3.28. The van der Waals surface area contributed by atoms with Crippen LogP contribution in [0, 0.1) is 19.7 Å². The third kappa shape index (κ3) is 3.57. The highest BCUT2D eigenvalue weighted by molar-refractivity contribution is 7.98. The maximum atomic E-state index is 13.2. The van der Waals surface area contributed by atoms with Gasteiger partial charge in [0.05, 0.1) is 0 Å². The maximum absolute atomic E-state index is 13.2. The molecule has 122 valence electrons. The first kappa shape index (κ1) is 16.5. The highest BCUT2D eigenvalue weighted by atomic mass is 32.2. The van der Waals surface area contributed by atoms with Gasteiger partial charge in [-0.15, -0.1) is 0 Å². The van der Waals surface area contributed by atoms with E-state index in [2.05, 4.69) is 4.98 Å². The number of nitrogens with zero attached hydrogens (tertiary/aromatic N) is 2. The minimum atomic E-state index is -0.276. The molecule has 3 nitrogen and oxygen atoms in total. The summed E-state index contributed by atoms with van der Waals surface area (Å²) in [6, 6.07) is 12.3. The van der Waals surface area contributed by atoms with Crippen LogP contribution >= 0.6 is 11.8 Å². The topological polar surface area (TPSA) is 34.9 Å². The molecule has 3 rings (SSSR count). The van der Waals surface area contributed by atoms with Crippen LogP contribution in [0.2, 0.25) is 0 Å². The SMILES string of the molecule is Cc1ccc(-n2ccnc(SCc3cccc(F)c3)c2=O)cc1C. The summed E-state index contributed by atoms with van der Waals surface area (Å²) in [5.41, 5.74) is 3.79. The van der Waals surface area contributed by atoms with E-state index in [1.165, 1.54) is 29.5 Å². The standard InChI is InChI=1S/C19H17FN2OS/c1-13-6-7-17(10-14(13)2)22-9-8-21-18(19(22)23)24-12-15-4-3-5-16(20)11-15/h3-11H,12H2,1-2H3. The Kier molecular flexibility index (Phi) is 4.81. The fourth-order valence-corrected chi connectivity index (χ4v) is 3.19. The van der Waals surface area contributed by atoms with Gasteiger partial charge < -0.3 is 0 Å². The Labute approximate surface area is 144 Å². The summed E-state index contributed by atoms with van der Waals surface area (Å²) in [4.78, 5) is 16.8. The van der Waals surface area contributed by atoms with Crippen LogP contribution < -0.4 is 5.56 Å². The molecule has 3 aromatic rings. The number of aryl methyl sites for hydroxylation is 2. The second-order valence-electron chi connectivity index (χ2n) is 5.59. The van der Waals surface area contributed by atoms with Crippen LogP contribution in [0.1, 0.15) is 16.7 Å². The van der Waals surface area contributed by atoms with Gasteiger partial charge in [0.25, 0.3) is 5.56 Å². The second-order valence-corrected chi connectivity index (χ2v) is 6.56. The fraction of sp³-hybridized carbons (Fsp3) is 0.158. The van der Waals surface area contributed by atoms with Crippen LogP contribution in [0.4, 0.5) is 4.39 Å². The molecule has 1 aromatic heterocycles. The molecule has 2 aromatic carbocycles. The lowest BCUT2D eigenvalue weighted by molar-refractivity contribution is 0.626. The van der Waals surface area contributed by atoms with Gasteiger partial charge in [-0.3, -0.25) is 9.36 Å². The maximum Gasteiger partial charge on any atom is 0.287 e. The summed E-state index contributed by atoms with van der Waals surface area (Å²) >= 11 is 1.31. The van der Waals surface area contributed by atoms with E-state index >= 15 is 0 Å². The Morgan fingerprint density at radius 3 is 2.71 bits per heavy atom. The first-order valence-corrected chi connectivity index (χ1v) is 8.56. The van der Waals surface area contributed by atoms with Gasteiger partial charge in [-0.05, 0) is 54.8 Å². The first-order chi connectivity index (χ1) is 11.5. The van der Waals surface area contributed by atoms with Crippen LogP contribution in [0.5, 0.6) is 0 Å². The molecular formula is C19H17FN2OS. The van der Waals surface area contributed by atoms with E-state index in [9.17, 15) is 9.18 Å². The Bertz CT molecular complexity index is 937. The van der Waals surface area contributed by atoms with E-state index in [0.29, 0.717) is 10.8 Å². The minimum Gasteiger partial charge on any atom is -0.280 e. The molecule has 0 saturated heterocycles. The van der Waals surface area contributed by atoms with Gasteiger partial charge >= 0.3 is 0 Å². The smallest absolute Gasteiger partial charge is 0.280 e. The predicted molar refractivity (Wildman–Crippen MR) is 95.3 cm³/mol. The lowest BCUT2D eigenvalue weighted by Gasteiger charge is -2.09. The Morgan fingerprint density at radius 1 is 1.12 bits per heavy atom. The van der Waals surface area contributed by atoms with Crippen LogP contribution in [0.25, 0.3) is 5.69 Å². The lowest BCUT2D eigenvalue weighted by atomic mass is 10.1. The van der Waals surface area contributed by atoms with E-state index in [1.807, 2.05) is 38.1 Å². The average Bonchev–Trinajstić information content (AvgIpc) is 2.57. The van der Waals surface area contributed by atoms with Gasteiger partial charge in [0.1, 0.15) is 5.82 Å². The summed E-state index contributed by atoms with van der Waals surface area (Å²) in [7, 11) is 0. The lowest BCUT2D eigenvalue weighted by Crippen LogP contribution is -2.20. The molecule has 0 amide bonds. The van der Waals surface area contributed by atoms with Crippen molar-refractivity contribution in [2.24, 2.45) is 0 Å². The van der Waals surface area contributed by atoms with E-state index in [0.717, 1.165) is 16.8 Å². The molecule has 0 N–H and O–H groups in total. The van der Waals surface area contributed by atoms with E-state index < -0.39 is 0 Å². The molecule has 0 fully saturated rings. The van der Waals surface area contributed by atoms with Crippen molar-refractivity contribution in [3.05, 3.63) is 87.7 Å². The number of hydrogen-bond acceptors (Lipinski definition) is 3. The molecule has 0 bridgehead atoms. The fourth-order valence-electron chi connectivity index (χ4n) is 2.35. The molecule has 0 aliphatic carbocycles. The van der Waals surface area contributed by atoms with E-state index in [1.54, 1.807) is 23.0 Å². The molecule has 0 radical (unpaired) electrons. The van der Waals surface area contributed by atoms with Gasteiger partial charge in [0.2, 0.25) is 0 Å². The quantitative estimate of drug-likeness (QED) is 0.665. The highest BCUT2D eigenvalue weighted by Gasteiger charge is 2.08. The van der Waals surface area contributed by atoms with Gasteiger partial charge in [-0.2, -0.15) is 0 Å². The summed E-state index contributed by atoms with van der Waals surface area (Å²) in [5, 5.41) is 0.403. The Morgan fingerprint density at radius 2 is 1.96 bits per heavy atom. The van der Waals surface area contributed by atoms with Crippen molar-refractivity contribution >= 4 is 11.8 Å². The van der Waals surface area contributed by atoms with Crippen LogP contribution in [-0.2, 0) is 5.75 Å². The molecular weight excluding hydrogens is 323 g/mol. The monoisotopic (exact) mass is 340 g/mol. The van der Waals surface area contributed by atoms with Gasteiger partial charge in [0, 0.05) is 23.8 Å². The zero-order valence-corrected chi connectivity index (χ0v) is 14.3. The zero-order chi connectivity index (χ0) is 17.1. The average molecular weight is 340 g/mol. The number of aromatic nitrogens is 2. The molecule has 0 aliphatic heterocycles. The van der Waals surface area contributed by atoms with Crippen LogP contribution in [-0.4, -0.2) is 9.55 Å².